The van der Waals surface area contributed by atoms with Gasteiger partial charge in [-0.2, -0.15) is 0 Å². The van der Waals surface area contributed by atoms with E-state index in [0.29, 0.717) is 11.8 Å². The summed E-state index contributed by atoms with van der Waals surface area (Å²) in [5.41, 5.74) is 1.18. The van der Waals surface area contributed by atoms with Crippen molar-refractivity contribution in [2.75, 3.05) is 13.6 Å². The van der Waals surface area contributed by atoms with E-state index in [1.165, 1.54) is 24.8 Å². The van der Waals surface area contributed by atoms with Crippen LogP contribution in [0, 0.1) is 11.8 Å². The molecule has 2 unspecified atom stereocenters. The van der Waals surface area contributed by atoms with Gasteiger partial charge in [0.2, 0.25) is 0 Å². The van der Waals surface area contributed by atoms with E-state index in [1.807, 2.05) is 37.7 Å². The minimum Gasteiger partial charge on any atom is -0.301 e. The van der Waals surface area contributed by atoms with Gasteiger partial charge in [-0.05, 0) is 30.2 Å². The second-order valence-electron chi connectivity index (χ2n) is 5.18. The van der Waals surface area contributed by atoms with Crippen LogP contribution in [0.25, 0.3) is 0 Å². The lowest BCUT2D eigenvalue weighted by molar-refractivity contribution is 0.425. The number of nitrogens with zero attached hydrogens (tertiary/aromatic N) is 2. The normalized spacial score (nSPS) is 15.1. The Balaban J connectivity index is 2.47. The summed E-state index contributed by atoms with van der Waals surface area (Å²) in [5, 5.41) is 0. The first kappa shape index (κ1) is 15.6. The van der Waals surface area contributed by atoms with Crippen molar-refractivity contribution in [1.82, 2.24) is 0 Å². The van der Waals surface area contributed by atoms with Gasteiger partial charge in [-0.1, -0.05) is 50.6 Å². The maximum atomic E-state index is 4.60. The van der Waals surface area contributed by atoms with Crippen molar-refractivity contribution in [3.63, 3.8) is 0 Å². The van der Waals surface area contributed by atoms with Gasteiger partial charge in [0.05, 0.1) is 0 Å². The lowest BCUT2D eigenvalue weighted by Gasteiger charge is -2.16. The summed E-state index contributed by atoms with van der Waals surface area (Å²) < 4.78 is 0. The summed E-state index contributed by atoms with van der Waals surface area (Å²) in [7, 11) is 1.85. The Hall–Kier alpha value is -1.44. The molecule has 1 rings (SSSR count). The summed E-state index contributed by atoms with van der Waals surface area (Å²) in [4.78, 5) is 8.72. The van der Waals surface area contributed by atoms with Gasteiger partial charge in [-0.15, -0.1) is 0 Å². The van der Waals surface area contributed by atoms with Crippen molar-refractivity contribution >= 4 is 12.4 Å². The third-order valence-corrected chi connectivity index (χ3v) is 3.21. The summed E-state index contributed by atoms with van der Waals surface area (Å²) in [5.74, 6) is 1.21. The van der Waals surface area contributed by atoms with Gasteiger partial charge in [0.15, 0.2) is 0 Å². The predicted octanol–water partition coefficient (Wildman–Crippen LogP) is 4.25. The van der Waals surface area contributed by atoms with Gasteiger partial charge in [-0.25, -0.2) is 0 Å². The zero-order valence-electron chi connectivity index (χ0n) is 12.4. The van der Waals surface area contributed by atoms with Crippen LogP contribution < -0.4 is 0 Å². The van der Waals surface area contributed by atoms with Crippen LogP contribution in [0.5, 0.6) is 0 Å². The van der Waals surface area contributed by atoms with Crippen molar-refractivity contribution in [1.29, 1.82) is 0 Å². The fourth-order valence-electron chi connectivity index (χ4n) is 2.38. The van der Waals surface area contributed by atoms with E-state index in [1.54, 1.807) is 0 Å². The van der Waals surface area contributed by atoms with Crippen LogP contribution in [0.2, 0.25) is 0 Å². The molecule has 2 nitrogen and oxygen atoms in total. The van der Waals surface area contributed by atoms with E-state index in [4.69, 9.17) is 0 Å². The van der Waals surface area contributed by atoms with Crippen molar-refractivity contribution in [2.45, 2.75) is 33.1 Å². The van der Waals surface area contributed by atoms with Crippen LogP contribution in [0.4, 0.5) is 0 Å². The molecule has 2 atom stereocenters. The molecule has 104 valence electrons. The van der Waals surface area contributed by atoms with E-state index >= 15 is 0 Å². The number of benzene rings is 1. The third kappa shape index (κ3) is 6.90. The van der Waals surface area contributed by atoms with Gasteiger partial charge < -0.3 is 4.99 Å². The minimum absolute atomic E-state index is 0.550. The van der Waals surface area contributed by atoms with Crippen LogP contribution in [-0.2, 0) is 0 Å². The Labute approximate surface area is 117 Å². The van der Waals surface area contributed by atoms with Gasteiger partial charge >= 0.3 is 0 Å². The second kappa shape index (κ2) is 9.48. The van der Waals surface area contributed by atoms with E-state index in [0.717, 1.165) is 6.54 Å². The van der Waals surface area contributed by atoms with E-state index in [9.17, 15) is 0 Å². The molecule has 0 aliphatic rings. The predicted molar refractivity (Wildman–Crippen MR) is 85.5 cm³/mol. The molecule has 1 aromatic rings. The Kier molecular flexibility index (Phi) is 7.80. The first-order valence-corrected chi connectivity index (χ1v) is 7.23. The molecule has 2 heteroatoms. The standard InChI is InChI=1S/C17H26N2/c1-4-8-17(11-15(2)12-18-3)14-19-13-16-9-6-5-7-10-16/h5-7,9-10,12-13,15,17H,4,8,11,14H2,1-3H3/b18-12+,19-13+. The first-order valence-electron chi connectivity index (χ1n) is 7.23. The highest BCUT2D eigenvalue weighted by Gasteiger charge is 2.10. The molecule has 0 aliphatic heterocycles. The quantitative estimate of drug-likeness (QED) is 0.623. The van der Waals surface area contributed by atoms with E-state index in [-0.39, 0.29) is 0 Å². The molecule has 19 heavy (non-hydrogen) atoms. The number of rotatable bonds is 8. The molecule has 0 bridgehead atoms. The van der Waals surface area contributed by atoms with Crippen molar-refractivity contribution in [2.24, 2.45) is 21.8 Å². The fraction of sp³-hybridized carbons (Fsp3) is 0.529. The Morgan fingerprint density at radius 2 is 1.95 bits per heavy atom. The highest BCUT2D eigenvalue weighted by molar-refractivity contribution is 5.79. The molecule has 0 amide bonds. The topological polar surface area (TPSA) is 24.7 Å². The molecular weight excluding hydrogens is 232 g/mol. The summed E-state index contributed by atoms with van der Waals surface area (Å²) in [6, 6.07) is 10.3. The molecular formula is C17H26N2. The smallest absolute Gasteiger partial charge is 0.0418 e. The maximum absolute atomic E-state index is 4.60. The van der Waals surface area contributed by atoms with Crippen LogP contribution in [0.15, 0.2) is 40.3 Å². The zero-order valence-corrected chi connectivity index (χ0v) is 12.4. The van der Waals surface area contributed by atoms with Crippen molar-refractivity contribution in [3.8, 4) is 0 Å². The minimum atomic E-state index is 0.550. The van der Waals surface area contributed by atoms with Gasteiger partial charge in [0.25, 0.3) is 0 Å². The zero-order chi connectivity index (χ0) is 13.9. The molecule has 0 aliphatic carbocycles. The van der Waals surface area contributed by atoms with Gasteiger partial charge in [0, 0.05) is 26.0 Å². The third-order valence-electron chi connectivity index (χ3n) is 3.21. The van der Waals surface area contributed by atoms with E-state index < -0.39 is 0 Å². The van der Waals surface area contributed by atoms with Crippen LogP contribution in [0.1, 0.15) is 38.7 Å². The van der Waals surface area contributed by atoms with Crippen LogP contribution >= 0.6 is 0 Å². The number of hydrogen-bond donors (Lipinski definition) is 0. The van der Waals surface area contributed by atoms with Crippen molar-refractivity contribution in [3.05, 3.63) is 35.9 Å². The first-order chi connectivity index (χ1) is 9.26. The van der Waals surface area contributed by atoms with E-state index in [2.05, 4.69) is 36.0 Å². The van der Waals surface area contributed by atoms with Crippen LogP contribution in [0.3, 0.4) is 0 Å². The monoisotopic (exact) mass is 258 g/mol. The Morgan fingerprint density at radius 3 is 2.58 bits per heavy atom. The average molecular weight is 258 g/mol. The maximum Gasteiger partial charge on any atom is 0.0418 e. The largest absolute Gasteiger partial charge is 0.301 e. The highest BCUT2D eigenvalue weighted by Crippen LogP contribution is 2.17. The summed E-state index contributed by atoms with van der Waals surface area (Å²) in [6.45, 7) is 5.40. The van der Waals surface area contributed by atoms with Gasteiger partial charge in [0.1, 0.15) is 0 Å². The Morgan fingerprint density at radius 1 is 1.21 bits per heavy atom. The number of hydrogen-bond acceptors (Lipinski definition) is 2. The molecule has 0 saturated carbocycles. The number of aliphatic imine (C=N–C) groups is 2. The molecule has 0 aromatic heterocycles. The molecule has 0 saturated heterocycles. The highest BCUT2D eigenvalue weighted by atomic mass is 14.7. The molecule has 0 radical (unpaired) electrons. The lowest BCUT2D eigenvalue weighted by Crippen LogP contribution is -2.11. The Bertz CT molecular complexity index is 382. The average Bonchev–Trinajstić information content (AvgIpc) is 2.40. The molecule has 0 N–H and O–H groups in total. The summed E-state index contributed by atoms with van der Waals surface area (Å²) in [6.07, 6.45) is 7.68. The SMILES string of the molecule is CCCC(C/N=C/c1ccccc1)CC(C)/C=N/C. The fourth-order valence-corrected chi connectivity index (χ4v) is 2.38. The molecule has 0 fully saturated rings. The second-order valence-corrected chi connectivity index (χ2v) is 5.18. The summed E-state index contributed by atoms with van der Waals surface area (Å²) >= 11 is 0. The lowest BCUT2D eigenvalue weighted by atomic mass is 9.93. The molecule has 0 spiro atoms. The molecule has 0 heterocycles. The molecule has 1 aromatic carbocycles. The van der Waals surface area contributed by atoms with Crippen molar-refractivity contribution < 1.29 is 0 Å². The van der Waals surface area contributed by atoms with Crippen LogP contribution in [-0.4, -0.2) is 26.0 Å². The van der Waals surface area contributed by atoms with Gasteiger partial charge in [-0.3, -0.25) is 4.99 Å².